The maximum atomic E-state index is 13.2. The molecule has 1 aliphatic rings. The lowest BCUT2D eigenvalue weighted by atomic mass is 9.81. The van der Waals surface area contributed by atoms with E-state index in [2.05, 4.69) is 40.3 Å². The molecular formula is C14H20BrF2NS. The second-order valence-corrected chi connectivity index (χ2v) is 7.82. The van der Waals surface area contributed by atoms with Crippen molar-refractivity contribution in [2.24, 2.45) is 5.92 Å². The van der Waals surface area contributed by atoms with Crippen LogP contribution in [-0.2, 0) is 6.42 Å². The van der Waals surface area contributed by atoms with Gasteiger partial charge in [0.05, 0.1) is 3.79 Å². The summed E-state index contributed by atoms with van der Waals surface area (Å²) in [6.45, 7) is 2.97. The maximum absolute atomic E-state index is 13.2. The molecule has 108 valence electrons. The highest BCUT2D eigenvalue weighted by molar-refractivity contribution is 9.11. The summed E-state index contributed by atoms with van der Waals surface area (Å²) in [6, 6.07) is 4.50. The largest absolute Gasteiger partial charge is 0.314 e. The van der Waals surface area contributed by atoms with E-state index in [9.17, 15) is 8.78 Å². The molecule has 1 fully saturated rings. The summed E-state index contributed by atoms with van der Waals surface area (Å²) in [5, 5.41) is 3.48. The first-order valence-electron chi connectivity index (χ1n) is 6.85. The molecule has 0 radical (unpaired) electrons. The number of hydrogen-bond acceptors (Lipinski definition) is 2. The van der Waals surface area contributed by atoms with Crippen molar-refractivity contribution in [3.63, 3.8) is 0 Å². The molecule has 2 rings (SSSR count). The molecule has 1 aliphatic carbocycles. The topological polar surface area (TPSA) is 12.0 Å². The number of hydrogen-bond donors (Lipinski definition) is 1. The predicted octanol–water partition coefficient (Wildman–Crippen LogP) is 4.86. The van der Waals surface area contributed by atoms with E-state index in [0.717, 1.165) is 16.8 Å². The van der Waals surface area contributed by atoms with Crippen LogP contribution >= 0.6 is 27.3 Å². The van der Waals surface area contributed by atoms with Crippen LogP contribution in [0.3, 0.4) is 0 Å². The smallest absolute Gasteiger partial charge is 0.248 e. The van der Waals surface area contributed by atoms with Gasteiger partial charge in [-0.25, -0.2) is 8.78 Å². The van der Waals surface area contributed by atoms with Crippen LogP contribution in [0.25, 0.3) is 0 Å². The van der Waals surface area contributed by atoms with Gasteiger partial charge in [0.1, 0.15) is 0 Å². The van der Waals surface area contributed by atoms with E-state index in [-0.39, 0.29) is 12.8 Å². The summed E-state index contributed by atoms with van der Waals surface area (Å²) >= 11 is 5.21. The van der Waals surface area contributed by atoms with Crippen molar-refractivity contribution in [2.45, 2.75) is 51.0 Å². The first kappa shape index (κ1) is 15.4. The van der Waals surface area contributed by atoms with Gasteiger partial charge in [0.15, 0.2) is 0 Å². The third-order valence-electron chi connectivity index (χ3n) is 3.85. The van der Waals surface area contributed by atoms with Gasteiger partial charge in [-0.1, -0.05) is 6.92 Å². The second-order valence-electron chi connectivity index (χ2n) is 5.27. The van der Waals surface area contributed by atoms with E-state index in [4.69, 9.17) is 0 Å². The summed E-state index contributed by atoms with van der Waals surface area (Å²) in [5.41, 5.74) is 0. The van der Waals surface area contributed by atoms with Gasteiger partial charge in [0, 0.05) is 23.8 Å². The maximum Gasteiger partial charge on any atom is 0.248 e. The Labute approximate surface area is 125 Å². The lowest BCUT2D eigenvalue weighted by Gasteiger charge is -2.34. The van der Waals surface area contributed by atoms with Gasteiger partial charge >= 0.3 is 0 Å². The zero-order valence-corrected chi connectivity index (χ0v) is 13.5. The van der Waals surface area contributed by atoms with Gasteiger partial charge in [0.25, 0.3) is 0 Å². The molecule has 1 nitrogen and oxygen atoms in total. The average molecular weight is 352 g/mol. The highest BCUT2D eigenvalue weighted by atomic mass is 79.9. The molecular weight excluding hydrogens is 332 g/mol. The first-order chi connectivity index (χ1) is 9.00. The van der Waals surface area contributed by atoms with Crippen LogP contribution in [0.15, 0.2) is 15.9 Å². The molecule has 0 aliphatic heterocycles. The van der Waals surface area contributed by atoms with E-state index >= 15 is 0 Å². The molecule has 0 aromatic carbocycles. The molecule has 0 amide bonds. The second kappa shape index (κ2) is 6.64. The molecule has 5 heteroatoms. The Morgan fingerprint density at radius 2 is 2.11 bits per heavy atom. The Bertz CT molecular complexity index is 398. The van der Waals surface area contributed by atoms with Gasteiger partial charge in [-0.2, -0.15) is 0 Å². The van der Waals surface area contributed by atoms with Crippen LogP contribution in [0, 0.1) is 5.92 Å². The molecule has 0 spiro atoms. The Balaban J connectivity index is 1.96. The quantitative estimate of drug-likeness (QED) is 0.798. The Hall–Kier alpha value is -0.0000000000000000833. The van der Waals surface area contributed by atoms with Gasteiger partial charge in [-0.05, 0) is 59.8 Å². The number of nitrogens with one attached hydrogen (secondary N) is 1. The minimum Gasteiger partial charge on any atom is -0.314 e. The van der Waals surface area contributed by atoms with Crippen LogP contribution in [0.2, 0.25) is 0 Å². The number of likely N-dealkylation sites (N-methyl/N-ethyl adjacent to an activating group) is 1. The molecule has 1 atom stereocenters. The van der Waals surface area contributed by atoms with Gasteiger partial charge in [-0.15, -0.1) is 11.3 Å². The molecule has 0 saturated heterocycles. The third kappa shape index (κ3) is 4.50. The van der Waals surface area contributed by atoms with Crippen molar-refractivity contribution >= 4 is 27.3 Å². The first-order valence-corrected chi connectivity index (χ1v) is 8.46. The van der Waals surface area contributed by atoms with E-state index in [1.807, 2.05) is 0 Å². The zero-order chi connectivity index (χ0) is 13.9. The van der Waals surface area contributed by atoms with Crippen molar-refractivity contribution in [3.05, 3.63) is 20.8 Å². The van der Waals surface area contributed by atoms with Crippen LogP contribution in [-0.4, -0.2) is 18.5 Å². The van der Waals surface area contributed by atoms with E-state index in [1.54, 1.807) is 11.3 Å². The van der Waals surface area contributed by atoms with E-state index in [1.165, 1.54) is 4.88 Å². The van der Waals surface area contributed by atoms with E-state index in [0.29, 0.717) is 24.8 Å². The molecule has 1 heterocycles. The highest BCUT2D eigenvalue weighted by Crippen LogP contribution is 2.38. The van der Waals surface area contributed by atoms with Crippen LogP contribution in [0.4, 0.5) is 8.78 Å². The average Bonchev–Trinajstić information content (AvgIpc) is 2.74. The molecule has 1 aromatic rings. The Morgan fingerprint density at radius 3 is 2.63 bits per heavy atom. The van der Waals surface area contributed by atoms with Gasteiger partial charge in [-0.3, -0.25) is 0 Å². The van der Waals surface area contributed by atoms with Crippen molar-refractivity contribution in [1.29, 1.82) is 0 Å². The number of halogens is 3. The minimum absolute atomic E-state index is 0.0493. The normalized spacial score (nSPS) is 21.5. The fraction of sp³-hybridized carbons (Fsp3) is 0.714. The highest BCUT2D eigenvalue weighted by Gasteiger charge is 2.37. The summed E-state index contributed by atoms with van der Waals surface area (Å²) in [5.74, 6) is -2.06. The summed E-state index contributed by atoms with van der Waals surface area (Å²) in [6.07, 6.45) is 2.32. The summed E-state index contributed by atoms with van der Waals surface area (Å²) in [4.78, 5) is 1.31. The van der Waals surface area contributed by atoms with E-state index < -0.39 is 5.92 Å². The lowest BCUT2D eigenvalue weighted by Crippen LogP contribution is -2.41. The number of rotatable bonds is 5. The molecule has 1 unspecified atom stereocenters. The van der Waals surface area contributed by atoms with Crippen LogP contribution < -0.4 is 5.32 Å². The molecule has 1 aromatic heterocycles. The predicted molar refractivity (Wildman–Crippen MR) is 80.1 cm³/mol. The van der Waals surface area contributed by atoms with Gasteiger partial charge < -0.3 is 5.32 Å². The monoisotopic (exact) mass is 351 g/mol. The molecule has 1 saturated carbocycles. The van der Waals surface area contributed by atoms with Crippen molar-refractivity contribution < 1.29 is 8.78 Å². The fourth-order valence-corrected chi connectivity index (χ4v) is 4.35. The third-order valence-corrected chi connectivity index (χ3v) is 5.49. The van der Waals surface area contributed by atoms with Crippen molar-refractivity contribution in [1.82, 2.24) is 5.32 Å². The standard InChI is InChI=1S/C14H20BrF2NS/c1-2-18-12(9-11-3-4-13(15)19-11)10-5-7-14(16,17)8-6-10/h3-4,10,12,18H,2,5-9H2,1H3. The van der Waals surface area contributed by atoms with Crippen LogP contribution in [0.1, 0.15) is 37.5 Å². The van der Waals surface area contributed by atoms with Gasteiger partial charge in [0.2, 0.25) is 5.92 Å². The lowest BCUT2D eigenvalue weighted by molar-refractivity contribution is -0.0494. The van der Waals surface area contributed by atoms with Crippen molar-refractivity contribution in [2.75, 3.05) is 6.54 Å². The summed E-state index contributed by atoms with van der Waals surface area (Å²) in [7, 11) is 0. The van der Waals surface area contributed by atoms with Crippen LogP contribution in [0.5, 0.6) is 0 Å². The Morgan fingerprint density at radius 1 is 1.42 bits per heavy atom. The Kier molecular flexibility index (Phi) is 5.37. The molecule has 19 heavy (non-hydrogen) atoms. The number of alkyl halides is 2. The fourth-order valence-electron chi connectivity index (χ4n) is 2.81. The van der Waals surface area contributed by atoms with Crippen molar-refractivity contribution in [3.8, 4) is 0 Å². The minimum atomic E-state index is -2.43. The molecule has 1 N–H and O–H groups in total. The number of thiophene rings is 1. The molecule has 0 bridgehead atoms. The SMILES string of the molecule is CCNC(Cc1ccc(Br)s1)C1CCC(F)(F)CC1. The zero-order valence-electron chi connectivity index (χ0n) is 11.1. The summed E-state index contributed by atoms with van der Waals surface area (Å²) < 4.78 is 27.6.